The highest BCUT2D eigenvalue weighted by Crippen LogP contribution is 2.18. The highest BCUT2D eigenvalue weighted by atomic mass is 16.5. The van der Waals surface area contributed by atoms with Gasteiger partial charge in [-0.15, -0.1) is 0 Å². The first-order valence-corrected chi connectivity index (χ1v) is 7.67. The fourth-order valence-corrected chi connectivity index (χ4v) is 2.14. The Morgan fingerprint density at radius 2 is 1.96 bits per heavy atom. The van der Waals surface area contributed by atoms with Crippen LogP contribution in [0.3, 0.4) is 0 Å². The minimum absolute atomic E-state index is 0.301. The number of benzene rings is 1. The number of urea groups is 1. The number of nitrogens with zero attached hydrogens (tertiary/aromatic N) is 2. The second kappa shape index (κ2) is 6.99. The van der Waals surface area contributed by atoms with E-state index in [1.165, 1.54) is 0 Å². The first-order valence-electron chi connectivity index (χ1n) is 7.67. The Morgan fingerprint density at radius 3 is 2.58 bits per heavy atom. The van der Waals surface area contributed by atoms with E-state index in [1.807, 2.05) is 38.1 Å². The maximum atomic E-state index is 11.9. The topological polar surface area (TPSA) is 93.2 Å². The molecule has 3 rings (SSSR count). The van der Waals surface area contributed by atoms with Gasteiger partial charge in [-0.1, -0.05) is 12.1 Å². The predicted octanol–water partition coefficient (Wildman–Crippen LogP) is 3.52. The molecule has 2 heterocycles. The third-order valence-corrected chi connectivity index (χ3v) is 3.39. The van der Waals surface area contributed by atoms with Crippen LogP contribution in [0.4, 0.5) is 10.5 Å². The molecule has 0 aliphatic rings. The van der Waals surface area contributed by atoms with Crippen LogP contribution >= 0.6 is 0 Å². The molecule has 0 spiro atoms. The summed E-state index contributed by atoms with van der Waals surface area (Å²) in [5, 5.41) is 9.41. The molecule has 1 aromatic carbocycles. The van der Waals surface area contributed by atoms with Crippen LogP contribution in [0.2, 0.25) is 0 Å². The number of amides is 2. The normalized spacial score (nSPS) is 10.6. The zero-order valence-corrected chi connectivity index (χ0v) is 13.5. The van der Waals surface area contributed by atoms with Gasteiger partial charge in [-0.2, -0.15) is 4.98 Å². The molecule has 2 aromatic heterocycles. The molecule has 2 amide bonds. The fraction of sp³-hybridized carbons (Fsp3) is 0.235. The molecule has 0 aliphatic heterocycles. The Hall–Kier alpha value is -3.09. The Bertz CT molecular complexity index is 820. The van der Waals surface area contributed by atoms with Crippen molar-refractivity contribution in [2.75, 3.05) is 5.32 Å². The van der Waals surface area contributed by atoms with Gasteiger partial charge in [0.05, 0.1) is 6.54 Å². The zero-order valence-electron chi connectivity index (χ0n) is 13.5. The maximum Gasteiger partial charge on any atom is 0.319 e. The average molecular weight is 326 g/mol. The smallest absolute Gasteiger partial charge is 0.319 e. The number of hydrogen-bond acceptors (Lipinski definition) is 5. The lowest BCUT2D eigenvalue weighted by Gasteiger charge is -2.06. The molecule has 0 atom stereocenters. The highest BCUT2D eigenvalue weighted by molar-refractivity contribution is 5.89. The molecular formula is C17H18N4O3. The van der Waals surface area contributed by atoms with Gasteiger partial charge >= 0.3 is 6.03 Å². The Kier molecular flexibility index (Phi) is 4.60. The molecule has 0 saturated carbocycles. The Balaban J connectivity index is 1.56. The van der Waals surface area contributed by atoms with Crippen molar-refractivity contribution in [3.63, 3.8) is 0 Å². The molecule has 2 N–H and O–H groups in total. The SMILES string of the molecule is CCc1nc(-c2ccc(NC(=O)NCc3ccc(C)o3)cc2)no1. The number of nitrogens with one attached hydrogen (secondary N) is 2. The molecule has 24 heavy (non-hydrogen) atoms. The first kappa shape index (κ1) is 15.8. The van der Waals surface area contributed by atoms with Crippen LogP contribution < -0.4 is 10.6 Å². The summed E-state index contributed by atoms with van der Waals surface area (Å²) in [7, 11) is 0. The van der Waals surface area contributed by atoms with Crippen molar-refractivity contribution in [1.29, 1.82) is 0 Å². The number of carbonyl (C=O) groups excluding carboxylic acids is 1. The van der Waals surface area contributed by atoms with Crippen molar-refractivity contribution >= 4 is 11.7 Å². The summed E-state index contributed by atoms with van der Waals surface area (Å²) >= 11 is 0. The number of aromatic nitrogens is 2. The van der Waals surface area contributed by atoms with E-state index in [2.05, 4.69) is 20.8 Å². The van der Waals surface area contributed by atoms with E-state index in [4.69, 9.17) is 8.94 Å². The van der Waals surface area contributed by atoms with Crippen molar-refractivity contribution in [2.45, 2.75) is 26.8 Å². The van der Waals surface area contributed by atoms with E-state index in [1.54, 1.807) is 12.1 Å². The van der Waals surface area contributed by atoms with Gasteiger partial charge in [0.25, 0.3) is 0 Å². The fourth-order valence-electron chi connectivity index (χ4n) is 2.14. The van der Waals surface area contributed by atoms with Crippen LogP contribution in [-0.2, 0) is 13.0 Å². The molecule has 0 saturated heterocycles. The number of carbonyl (C=O) groups is 1. The van der Waals surface area contributed by atoms with Crippen molar-refractivity contribution < 1.29 is 13.7 Å². The lowest BCUT2D eigenvalue weighted by molar-refractivity contribution is 0.250. The molecular weight excluding hydrogens is 308 g/mol. The molecule has 0 aliphatic carbocycles. The van der Waals surface area contributed by atoms with E-state index in [0.717, 1.165) is 11.3 Å². The summed E-state index contributed by atoms with van der Waals surface area (Å²) in [4.78, 5) is 16.2. The average Bonchev–Trinajstić information content (AvgIpc) is 3.22. The van der Waals surface area contributed by atoms with Crippen LogP contribution in [-0.4, -0.2) is 16.2 Å². The van der Waals surface area contributed by atoms with Gasteiger partial charge in [0, 0.05) is 17.7 Å². The molecule has 0 radical (unpaired) electrons. The van der Waals surface area contributed by atoms with Gasteiger partial charge in [0.15, 0.2) is 0 Å². The van der Waals surface area contributed by atoms with Crippen molar-refractivity contribution in [1.82, 2.24) is 15.5 Å². The molecule has 3 aromatic rings. The van der Waals surface area contributed by atoms with Crippen molar-refractivity contribution in [3.8, 4) is 11.4 Å². The Morgan fingerprint density at radius 1 is 1.17 bits per heavy atom. The summed E-state index contributed by atoms with van der Waals surface area (Å²) in [6.07, 6.45) is 0.696. The number of rotatable bonds is 5. The lowest BCUT2D eigenvalue weighted by atomic mass is 10.2. The summed E-state index contributed by atoms with van der Waals surface area (Å²) in [5.74, 6) is 2.66. The molecule has 124 valence electrons. The molecule has 7 nitrogen and oxygen atoms in total. The quantitative estimate of drug-likeness (QED) is 0.748. The number of hydrogen-bond donors (Lipinski definition) is 2. The minimum Gasteiger partial charge on any atom is -0.465 e. The van der Waals surface area contributed by atoms with Crippen LogP contribution in [0.5, 0.6) is 0 Å². The molecule has 7 heteroatoms. The van der Waals surface area contributed by atoms with Crippen LogP contribution in [0.25, 0.3) is 11.4 Å². The van der Waals surface area contributed by atoms with Gasteiger partial charge in [0.2, 0.25) is 11.7 Å². The van der Waals surface area contributed by atoms with Gasteiger partial charge in [0.1, 0.15) is 11.5 Å². The van der Waals surface area contributed by atoms with E-state index in [9.17, 15) is 4.79 Å². The van der Waals surface area contributed by atoms with Crippen LogP contribution in [0.1, 0.15) is 24.3 Å². The molecule has 0 fully saturated rings. The monoisotopic (exact) mass is 326 g/mol. The lowest BCUT2D eigenvalue weighted by Crippen LogP contribution is -2.27. The van der Waals surface area contributed by atoms with Gasteiger partial charge in [-0.3, -0.25) is 0 Å². The second-order valence-electron chi connectivity index (χ2n) is 5.26. The first-order chi connectivity index (χ1) is 11.6. The van der Waals surface area contributed by atoms with Gasteiger partial charge < -0.3 is 19.6 Å². The maximum absolute atomic E-state index is 11.9. The van der Waals surface area contributed by atoms with Crippen LogP contribution in [0, 0.1) is 6.92 Å². The minimum atomic E-state index is -0.301. The zero-order chi connectivity index (χ0) is 16.9. The van der Waals surface area contributed by atoms with E-state index in [0.29, 0.717) is 36.1 Å². The molecule has 0 bridgehead atoms. The summed E-state index contributed by atoms with van der Waals surface area (Å²) in [6.45, 7) is 4.14. The predicted molar refractivity (Wildman–Crippen MR) is 88.4 cm³/mol. The van der Waals surface area contributed by atoms with Gasteiger partial charge in [-0.05, 0) is 43.3 Å². The van der Waals surface area contributed by atoms with Crippen molar-refractivity contribution in [2.24, 2.45) is 0 Å². The van der Waals surface area contributed by atoms with Crippen molar-refractivity contribution in [3.05, 3.63) is 53.8 Å². The summed E-state index contributed by atoms with van der Waals surface area (Å²) < 4.78 is 10.5. The third-order valence-electron chi connectivity index (χ3n) is 3.39. The summed E-state index contributed by atoms with van der Waals surface area (Å²) in [5.41, 5.74) is 1.50. The van der Waals surface area contributed by atoms with Crippen LogP contribution in [0.15, 0.2) is 45.3 Å². The van der Waals surface area contributed by atoms with Gasteiger partial charge in [-0.25, -0.2) is 4.79 Å². The summed E-state index contributed by atoms with van der Waals surface area (Å²) in [6, 6.07) is 10.6. The Labute approximate surface area is 139 Å². The standard InChI is InChI=1S/C17H18N4O3/c1-3-15-20-16(21-24-15)12-5-7-13(8-6-12)19-17(22)18-10-14-9-4-11(2)23-14/h4-9H,3,10H2,1-2H3,(H2,18,19,22). The number of furan rings is 1. The largest absolute Gasteiger partial charge is 0.465 e. The third kappa shape index (κ3) is 3.81. The van der Waals surface area contributed by atoms with E-state index < -0.39 is 0 Å². The van der Waals surface area contributed by atoms with E-state index >= 15 is 0 Å². The van der Waals surface area contributed by atoms with E-state index in [-0.39, 0.29) is 6.03 Å². The second-order valence-corrected chi connectivity index (χ2v) is 5.26. The number of anilines is 1. The highest BCUT2D eigenvalue weighted by Gasteiger charge is 2.08. The number of aryl methyl sites for hydroxylation is 2. The molecule has 0 unspecified atom stereocenters.